The van der Waals surface area contributed by atoms with Crippen molar-refractivity contribution < 1.29 is 23.9 Å². The van der Waals surface area contributed by atoms with Gasteiger partial charge in [-0.15, -0.1) is 0 Å². The number of rotatable bonds is 5. The van der Waals surface area contributed by atoms with Crippen molar-refractivity contribution in [2.24, 2.45) is 0 Å². The molecule has 1 aliphatic rings. The van der Waals surface area contributed by atoms with Crippen LogP contribution in [0.1, 0.15) is 13.8 Å². The molecule has 6 nitrogen and oxygen atoms in total. The molecule has 0 spiro atoms. The zero-order valence-corrected chi connectivity index (χ0v) is 8.71. The van der Waals surface area contributed by atoms with Gasteiger partial charge in [-0.2, -0.15) is 0 Å². The lowest BCUT2D eigenvalue weighted by molar-refractivity contribution is -0.585. The van der Waals surface area contributed by atoms with Gasteiger partial charge in [-0.05, 0) is 6.92 Å². The molecule has 7 heteroatoms. The number of hydrogen-bond donors (Lipinski definition) is 1. The highest BCUT2D eigenvalue weighted by atomic mass is 19.1. The molecule has 1 heterocycles. The summed E-state index contributed by atoms with van der Waals surface area (Å²) >= 11 is 0. The molecule has 1 saturated heterocycles. The summed E-state index contributed by atoms with van der Waals surface area (Å²) in [4.78, 5) is 10.1. The number of aliphatic hydroxyl groups excluding tert-OH is 1. The summed E-state index contributed by atoms with van der Waals surface area (Å²) in [6.45, 7) is 2.77. The number of halogens is 1. The van der Waals surface area contributed by atoms with Crippen LogP contribution in [0.25, 0.3) is 0 Å². The summed E-state index contributed by atoms with van der Waals surface area (Å²) in [7, 11) is 1.03. The molecule has 0 bridgehead atoms. The Balaban J connectivity index is 2.86. The van der Waals surface area contributed by atoms with E-state index >= 15 is 0 Å². The molecule has 1 fully saturated rings. The van der Waals surface area contributed by atoms with E-state index in [9.17, 15) is 19.6 Å². The summed E-state index contributed by atoms with van der Waals surface area (Å²) in [5.41, 5.74) is -1.88. The maximum absolute atomic E-state index is 13.1. The molecule has 1 N–H and O–H groups in total. The molecular weight excluding hydrogens is 209 g/mol. The first-order valence-corrected chi connectivity index (χ1v) is 4.50. The van der Waals surface area contributed by atoms with Crippen molar-refractivity contribution in [3.63, 3.8) is 0 Å². The third kappa shape index (κ3) is 1.95. The first kappa shape index (κ1) is 12.3. The van der Waals surface area contributed by atoms with Crippen LogP contribution in [0.15, 0.2) is 0 Å². The maximum atomic E-state index is 13.1. The highest BCUT2D eigenvalue weighted by Gasteiger charge is 2.64. The van der Waals surface area contributed by atoms with Crippen LogP contribution in [0, 0.1) is 10.1 Å². The molecule has 0 radical (unpaired) electrons. The lowest BCUT2D eigenvalue weighted by Gasteiger charge is -2.26. The van der Waals surface area contributed by atoms with Gasteiger partial charge >= 0.3 is 0 Å². The Labute approximate surface area is 86.1 Å². The van der Waals surface area contributed by atoms with Gasteiger partial charge in [0, 0.05) is 19.0 Å². The van der Waals surface area contributed by atoms with Gasteiger partial charge < -0.3 is 14.6 Å². The standard InChI is InChI=1S/C8H14FNO5/c1-4-6(15-4)8(2,10(12)13)5(11)7(9)14-3/h4-7,11H,1-3H3/t4-,5+,6+,7?,8-/m0/s1. The van der Waals surface area contributed by atoms with Crippen molar-refractivity contribution >= 4 is 0 Å². The van der Waals surface area contributed by atoms with Crippen LogP contribution in [0.5, 0.6) is 0 Å². The van der Waals surface area contributed by atoms with E-state index in [0.29, 0.717) is 0 Å². The fourth-order valence-corrected chi connectivity index (χ4v) is 1.57. The highest BCUT2D eigenvalue weighted by Crippen LogP contribution is 2.38. The van der Waals surface area contributed by atoms with E-state index in [0.717, 1.165) is 14.0 Å². The largest absolute Gasteiger partial charge is 0.381 e. The van der Waals surface area contributed by atoms with Crippen molar-refractivity contribution in [2.75, 3.05) is 7.11 Å². The molecule has 15 heavy (non-hydrogen) atoms. The molecular formula is C8H14FNO5. The average Bonchev–Trinajstić information content (AvgIpc) is 2.91. The van der Waals surface area contributed by atoms with Crippen LogP contribution in [0.2, 0.25) is 0 Å². The molecule has 1 rings (SSSR count). The van der Waals surface area contributed by atoms with Gasteiger partial charge in [-0.25, -0.2) is 4.39 Å². The molecule has 1 unspecified atom stereocenters. The molecule has 0 saturated carbocycles. The molecule has 0 aromatic rings. The maximum Gasteiger partial charge on any atom is 0.278 e. The number of methoxy groups -OCH3 is 1. The van der Waals surface area contributed by atoms with Crippen molar-refractivity contribution in [2.45, 2.75) is 44.1 Å². The zero-order chi connectivity index (χ0) is 11.8. The predicted octanol–water partition coefficient (Wildman–Crippen LogP) is 0.112. The van der Waals surface area contributed by atoms with Crippen molar-refractivity contribution in [3.05, 3.63) is 10.1 Å². The molecule has 0 aromatic heterocycles. The molecule has 0 amide bonds. The van der Waals surface area contributed by atoms with Gasteiger partial charge in [0.25, 0.3) is 5.54 Å². The highest BCUT2D eigenvalue weighted by molar-refractivity contribution is 5.02. The smallest absolute Gasteiger partial charge is 0.278 e. The van der Waals surface area contributed by atoms with E-state index < -0.39 is 29.0 Å². The van der Waals surface area contributed by atoms with Crippen molar-refractivity contribution in [1.29, 1.82) is 0 Å². The monoisotopic (exact) mass is 223 g/mol. The fraction of sp³-hybridized carbons (Fsp3) is 1.00. The molecule has 5 atom stereocenters. The first-order valence-electron chi connectivity index (χ1n) is 4.50. The number of ether oxygens (including phenoxy) is 2. The van der Waals surface area contributed by atoms with E-state index in [-0.39, 0.29) is 6.10 Å². The lowest BCUT2D eigenvalue weighted by atomic mass is 9.90. The quantitative estimate of drug-likeness (QED) is 0.406. The second-order valence-electron chi connectivity index (χ2n) is 3.78. The summed E-state index contributed by atoms with van der Waals surface area (Å²) in [6.07, 6.45) is -5.08. The van der Waals surface area contributed by atoms with Crippen molar-refractivity contribution in [3.8, 4) is 0 Å². The van der Waals surface area contributed by atoms with Gasteiger partial charge in [0.05, 0.1) is 6.10 Å². The minimum Gasteiger partial charge on any atom is -0.381 e. The van der Waals surface area contributed by atoms with Gasteiger partial charge in [0.2, 0.25) is 6.36 Å². The third-order valence-corrected chi connectivity index (χ3v) is 2.75. The average molecular weight is 223 g/mol. The van der Waals surface area contributed by atoms with Crippen LogP contribution in [-0.2, 0) is 9.47 Å². The minimum absolute atomic E-state index is 0.348. The molecule has 1 aliphatic heterocycles. The summed E-state index contributed by atoms with van der Waals surface area (Å²) in [5.74, 6) is 0. The second kappa shape index (κ2) is 3.99. The Hall–Kier alpha value is -0.790. The number of alkyl halides is 1. The van der Waals surface area contributed by atoms with E-state index in [4.69, 9.17) is 4.74 Å². The van der Waals surface area contributed by atoms with Gasteiger partial charge in [0.1, 0.15) is 0 Å². The zero-order valence-electron chi connectivity index (χ0n) is 8.71. The number of hydrogen-bond acceptors (Lipinski definition) is 5. The number of nitro groups is 1. The Morgan fingerprint density at radius 2 is 2.20 bits per heavy atom. The number of epoxide rings is 1. The van der Waals surface area contributed by atoms with Crippen LogP contribution in [0.4, 0.5) is 4.39 Å². The number of nitrogens with zero attached hydrogens (tertiary/aromatic N) is 1. The SMILES string of the molecule is COC(F)[C@@H](O)[C@@](C)([C@@H]1O[C@H]1C)[N+](=O)[O-]. The van der Waals surface area contributed by atoms with Gasteiger partial charge in [-0.3, -0.25) is 10.1 Å². The molecule has 0 aliphatic carbocycles. The minimum atomic E-state index is -2.10. The first-order chi connectivity index (χ1) is 6.85. The van der Waals surface area contributed by atoms with Crippen LogP contribution < -0.4 is 0 Å². The van der Waals surface area contributed by atoms with Gasteiger partial charge in [-0.1, -0.05) is 0 Å². The summed E-state index contributed by atoms with van der Waals surface area (Å²) < 4.78 is 22.2. The fourth-order valence-electron chi connectivity index (χ4n) is 1.57. The summed E-state index contributed by atoms with van der Waals surface area (Å²) in [5, 5.41) is 20.4. The topological polar surface area (TPSA) is 85.1 Å². The normalized spacial score (nSPS) is 32.9. The van der Waals surface area contributed by atoms with E-state index in [2.05, 4.69) is 4.74 Å². The van der Waals surface area contributed by atoms with E-state index in [1.807, 2.05) is 0 Å². The van der Waals surface area contributed by atoms with E-state index in [1.165, 1.54) is 0 Å². The number of aliphatic hydroxyl groups is 1. The van der Waals surface area contributed by atoms with Crippen LogP contribution in [-0.4, -0.2) is 47.3 Å². The Kier molecular flexibility index (Phi) is 3.27. The van der Waals surface area contributed by atoms with Gasteiger partial charge in [0.15, 0.2) is 12.2 Å². The van der Waals surface area contributed by atoms with E-state index in [1.54, 1.807) is 6.92 Å². The van der Waals surface area contributed by atoms with Crippen LogP contribution in [0.3, 0.4) is 0 Å². The Bertz CT molecular complexity index is 263. The molecule has 0 aromatic carbocycles. The summed E-state index contributed by atoms with van der Waals surface area (Å²) in [6, 6.07) is 0. The lowest BCUT2D eigenvalue weighted by Crippen LogP contribution is -2.56. The van der Waals surface area contributed by atoms with Crippen LogP contribution >= 0.6 is 0 Å². The van der Waals surface area contributed by atoms with Crippen molar-refractivity contribution in [1.82, 2.24) is 0 Å². The second-order valence-corrected chi connectivity index (χ2v) is 3.78. The third-order valence-electron chi connectivity index (χ3n) is 2.75. The Morgan fingerprint density at radius 1 is 1.73 bits per heavy atom. The predicted molar refractivity (Wildman–Crippen MR) is 47.6 cm³/mol. The molecule has 88 valence electrons. The Morgan fingerprint density at radius 3 is 2.47 bits per heavy atom.